The van der Waals surface area contributed by atoms with Crippen molar-refractivity contribution in [2.24, 2.45) is 5.92 Å². The molecule has 0 spiro atoms. The fourth-order valence-electron chi connectivity index (χ4n) is 2.89. The zero-order valence-corrected chi connectivity index (χ0v) is 11.8. The lowest BCUT2D eigenvalue weighted by Gasteiger charge is -2.39. The van der Waals surface area contributed by atoms with Crippen molar-refractivity contribution in [3.8, 4) is 0 Å². The van der Waals surface area contributed by atoms with Crippen LogP contribution in [-0.4, -0.2) is 18.0 Å². The minimum absolute atomic E-state index is 0.255. The molecular formula is C14H28ClN. The van der Waals surface area contributed by atoms with Crippen LogP contribution in [0, 0.1) is 5.92 Å². The molecule has 2 heteroatoms. The highest BCUT2D eigenvalue weighted by atomic mass is 35.5. The van der Waals surface area contributed by atoms with E-state index in [0.29, 0.717) is 0 Å². The van der Waals surface area contributed by atoms with E-state index in [1.54, 1.807) is 0 Å². The first kappa shape index (κ1) is 14.3. The van der Waals surface area contributed by atoms with Crippen LogP contribution in [0.5, 0.6) is 0 Å². The summed E-state index contributed by atoms with van der Waals surface area (Å²) < 4.78 is 0. The minimum Gasteiger partial charge on any atom is -0.310 e. The highest BCUT2D eigenvalue weighted by molar-refractivity contribution is 6.18. The molecule has 2 unspecified atom stereocenters. The SMILES string of the molecule is CCCCCCNC1(CCl)CCCC(C)C1. The van der Waals surface area contributed by atoms with Gasteiger partial charge >= 0.3 is 0 Å². The number of nitrogens with one attached hydrogen (secondary N) is 1. The summed E-state index contributed by atoms with van der Waals surface area (Å²) in [6.07, 6.45) is 10.6. The molecular weight excluding hydrogens is 218 g/mol. The Hall–Kier alpha value is 0.250. The topological polar surface area (TPSA) is 12.0 Å². The average Bonchev–Trinajstić information content (AvgIpc) is 2.29. The van der Waals surface area contributed by atoms with Crippen LogP contribution in [-0.2, 0) is 0 Å². The Bertz CT molecular complexity index is 184. The lowest BCUT2D eigenvalue weighted by Crippen LogP contribution is -2.50. The van der Waals surface area contributed by atoms with Crippen LogP contribution < -0.4 is 5.32 Å². The second-order valence-electron chi connectivity index (χ2n) is 5.60. The van der Waals surface area contributed by atoms with Gasteiger partial charge in [0.05, 0.1) is 0 Å². The van der Waals surface area contributed by atoms with Gasteiger partial charge < -0.3 is 5.32 Å². The minimum atomic E-state index is 0.255. The monoisotopic (exact) mass is 245 g/mol. The lowest BCUT2D eigenvalue weighted by molar-refractivity contribution is 0.208. The van der Waals surface area contributed by atoms with E-state index in [2.05, 4.69) is 19.2 Å². The highest BCUT2D eigenvalue weighted by Gasteiger charge is 2.33. The maximum Gasteiger partial charge on any atom is 0.0406 e. The van der Waals surface area contributed by atoms with Crippen molar-refractivity contribution in [2.75, 3.05) is 12.4 Å². The second kappa shape index (κ2) is 7.55. The molecule has 0 aliphatic heterocycles. The summed E-state index contributed by atoms with van der Waals surface area (Å²) in [6.45, 7) is 5.77. The van der Waals surface area contributed by atoms with Gasteiger partial charge in [0.2, 0.25) is 0 Å². The van der Waals surface area contributed by atoms with Crippen molar-refractivity contribution in [2.45, 2.75) is 70.8 Å². The van der Waals surface area contributed by atoms with E-state index in [1.165, 1.54) is 51.4 Å². The van der Waals surface area contributed by atoms with Gasteiger partial charge in [-0.15, -0.1) is 11.6 Å². The Kier molecular flexibility index (Phi) is 6.75. The standard InChI is InChI=1S/C14H28ClN/c1-3-4-5-6-10-16-14(12-15)9-7-8-13(2)11-14/h13,16H,3-12H2,1-2H3. The van der Waals surface area contributed by atoms with Crippen molar-refractivity contribution in [3.05, 3.63) is 0 Å². The fourth-order valence-corrected chi connectivity index (χ4v) is 3.23. The van der Waals surface area contributed by atoms with E-state index in [4.69, 9.17) is 11.6 Å². The molecule has 1 nitrogen and oxygen atoms in total. The van der Waals surface area contributed by atoms with Gasteiger partial charge in [0, 0.05) is 11.4 Å². The van der Waals surface area contributed by atoms with Gasteiger partial charge in [-0.2, -0.15) is 0 Å². The molecule has 2 atom stereocenters. The van der Waals surface area contributed by atoms with E-state index in [9.17, 15) is 0 Å². The lowest BCUT2D eigenvalue weighted by atomic mass is 9.77. The Morgan fingerprint density at radius 3 is 2.75 bits per heavy atom. The zero-order chi connectivity index (χ0) is 11.9. The average molecular weight is 246 g/mol. The molecule has 96 valence electrons. The van der Waals surface area contributed by atoms with E-state index >= 15 is 0 Å². The normalized spacial score (nSPS) is 30.6. The fraction of sp³-hybridized carbons (Fsp3) is 1.00. The van der Waals surface area contributed by atoms with Gasteiger partial charge in [-0.05, 0) is 31.7 Å². The van der Waals surface area contributed by atoms with Crippen LogP contribution in [0.25, 0.3) is 0 Å². The molecule has 0 amide bonds. The van der Waals surface area contributed by atoms with Crippen LogP contribution >= 0.6 is 11.6 Å². The van der Waals surface area contributed by atoms with Crippen molar-refractivity contribution in [1.82, 2.24) is 5.32 Å². The summed E-state index contributed by atoms with van der Waals surface area (Å²) in [5.74, 6) is 1.63. The Morgan fingerprint density at radius 2 is 2.12 bits per heavy atom. The summed E-state index contributed by atoms with van der Waals surface area (Å²) in [5, 5.41) is 3.74. The number of hydrogen-bond acceptors (Lipinski definition) is 1. The number of hydrogen-bond donors (Lipinski definition) is 1. The summed E-state index contributed by atoms with van der Waals surface area (Å²) >= 11 is 6.18. The third-order valence-corrected chi connectivity index (χ3v) is 4.39. The Labute approximate surface area is 106 Å². The Morgan fingerprint density at radius 1 is 1.31 bits per heavy atom. The van der Waals surface area contributed by atoms with Crippen LogP contribution in [0.1, 0.15) is 65.2 Å². The maximum atomic E-state index is 6.18. The van der Waals surface area contributed by atoms with Crippen molar-refractivity contribution in [3.63, 3.8) is 0 Å². The maximum absolute atomic E-state index is 6.18. The predicted octanol–water partition coefficient (Wildman–Crippen LogP) is 4.34. The molecule has 0 heterocycles. The third-order valence-electron chi connectivity index (χ3n) is 3.88. The molecule has 1 fully saturated rings. The molecule has 1 aliphatic carbocycles. The molecule has 16 heavy (non-hydrogen) atoms. The van der Waals surface area contributed by atoms with Crippen LogP contribution in [0.4, 0.5) is 0 Å². The summed E-state index contributed by atoms with van der Waals surface area (Å²) in [5.41, 5.74) is 0.255. The van der Waals surface area contributed by atoms with Gasteiger partial charge in [-0.1, -0.05) is 46.0 Å². The smallest absolute Gasteiger partial charge is 0.0406 e. The summed E-state index contributed by atoms with van der Waals surface area (Å²) in [7, 11) is 0. The number of unbranched alkanes of at least 4 members (excludes halogenated alkanes) is 3. The second-order valence-corrected chi connectivity index (χ2v) is 5.87. The Balaban J connectivity index is 2.24. The molecule has 0 radical (unpaired) electrons. The van der Waals surface area contributed by atoms with E-state index < -0.39 is 0 Å². The largest absolute Gasteiger partial charge is 0.310 e. The zero-order valence-electron chi connectivity index (χ0n) is 11.0. The summed E-state index contributed by atoms with van der Waals surface area (Å²) in [4.78, 5) is 0. The molecule has 1 aliphatic rings. The van der Waals surface area contributed by atoms with E-state index in [0.717, 1.165) is 18.3 Å². The van der Waals surface area contributed by atoms with Crippen molar-refractivity contribution >= 4 is 11.6 Å². The van der Waals surface area contributed by atoms with Crippen LogP contribution in [0.15, 0.2) is 0 Å². The highest BCUT2D eigenvalue weighted by Crippen LogP contribution is 2.33. The molecule has 1 N–H and O–H groups in total. The number of halogens is 1. The molecule has 0 saturated heterocycles. The van der Waals surface area contributed by atoms with E-state index in [-0.39, 0.29) is 5.54 Å². The molecule has 1 rings (SSSR count). The van der Waals surface area contributed by atoms with Crippen molar-refractivity contribution in [1.29, 1.82) is 0 Å². The molecule has 0 aromatic rings. The third kappa shape index (κ3) is 4.63. The summed E-state index contributed by atoms with van der Waals surface area (Å²) in [6, 6.07) is 0. The molecule has 0 bridgehead atoms. The predicted molar refractivity (Wildman–Crippen MR) is 73.2 cm³/mol. The van der Waals surface area contributed by atoms with Crippen molar-refractivity contribution < 1.29 is 0 Å². The first-order valence-electron chi connectivity index (χ1n) is 7.03. The van der Waals surface area contributed by atoms with Crippen LogP contribution in [0.2, 0.25) is 0 Å². The van der Waals surface area contributed by atoms with Crippen LogP contribution in [0.3, 0.4) is 0 Å². The number of alkyl halides is 1. The molecule has 0 aromatic carbocycles. The van der Waals surface area contributed by atoms with Gasteiger partial charge in [-0.3, -0.25) is 0 Å². The number of rotatable bonds is 7. The van der Waals surface area contributed by atoms with Gasteiger partial charge in [0.25, 0.3) is 0 Å². The first-order valence-corrected chi connectivity index (χ1v) is 7.57. The van der Waals surface area contributed by atoms with Gasteiger partial charge in [-0.25, -0.2) is 0 Å². The van der Waals surface area contributed by atoms with Gasteiger partial charge in [0.1, 0.15) is 0 Å². The quantitative estimate of drug-likeness (QED) is 0.520. The molecule has 0 aromatic heterocycles. The van der Waals surface area contributed by atoms with E-state index in [1.807, 2.05) is 0 Å². The van der Waals surface area contributed by atoms with Gasteiger partial charge in [0.15, 0.2) is 0 Å². The first-order chi connectivity index (χ1) is 7.72. The molecule has 1 saturated carbocycles.